The first kappa shape index (κ1) is 40.6. The molecular formula is C45H52N3O5PS. The van der Waals surface area contributed by atoms with E-state index in [1.807, 2.05) is 154 Å². The van der Waals surface area contributed by atoms with Crippen LogP contribution in [0.5, 0.6) is 0 Å². The van der Waals surface area contributed by atoms with Crippen LogP contribution in [0.15, 0.2) is 143 Å². The first-order valence-corrected chi connectivity index (χ1v) is 21.8. The molecule has 0 fully saturated rings. The molecule has 55 heavy (non-hydrogen) atoms. The van der Waals surface area contributed by atoms with Gasteiger partial charge in [0.2, 0.25) is 0 Å². The number of anilines is 2. The van der Waals surface area contributed by atoms with Gasteiger partial charge in [0.1, 0.15) is 0 Å². The van der Waals surface area contributed by atoms with Crippen LogP contribution < -0.4 is 5.32 Å². The molecule has 0 amide bonds. The third-order valence-corrected chi connectivity index (χ3v) is 15.1. The topological polar surface area (TPSA) is 118 Å². The summed E-state index contributed by atoms with van der Waals surface area (Å²) in [4.78, 5) is 43.1. The van der Waals surface area contributed by atoms with Crippen molar-refractivity contribution in [3.8, 4) is 6.07 Å². The monoisotopic (exact) mass is 777 g/mol. The van der Waals surface area contributed by atoms with Gasteiger partial charge in [-0.15, -0.1) is 0 Å². The summed E-state index contributed by atoms with van der Waals surface area (Å²) in [6, 6.07) is 44.7. The number of nitrogens with zero attached hydrogens (tertiary/aromatic N) is 2. The van der Waals surface area contributed by atoms with Crippen molar-refractivity contribution < 1.29 is 24.2 Å². The van der Waals surface area contributed by atoms with Gasteiger partial charge in [0.25, 0.3) is 0 Å². The van der Waals surface area contributed by atoms with Crippen LogP contribution in [-0.4, -0.2) is 63.1 Å². The van der Waals surface area contributed by atoms with E-state index >= 15 is 0 Å². The van der Waals surface area contributed by atoms with Gasteiger partial charge in [0.15, 0.2) is 0 Å². The van der Waals surface area contributed by atoms with Gasteiger partial charge in [0, 0.05) is 0 Å². The summed E-state index contributed by atoms with van der Waals surface area (Å²) >= 11 is 1.67. The molecule has 0 saturated heterocycles. The zero-order chi connectivity index (χ0) is 39.5. The molecule has 10 heteroatoms. The fourth-order valence-electron chi connectivity index (χ4n) is 9.08. The van der Waals surface area contributed by atoms with Crippen LogP contribution in [0.4, 0.5) is 11.4 Å². The predicted octanol–water partition coefficient (Wildman–Crippen LogP) is 9.46. The molecule has 288 valence electrons. The Morgan fingerprint density at radius 1 is 0.691 bits per heavy atom. The number of aryl methyl sites for hydroxylation is 1. The second-order valence-corrected chi connectivity index (χ2v) is 19.2. The summed E-state index contributed by atoms with van der Waals surface area (Å²) in [5.41, 5.74) is -1.57. The van der Waals surface area contributed by atoms with Crippen molar-refractivity contribution in [2.45, 2.75) is 78.9 Å². The quantitative estimate of drug-likeness (QED) is 0.0460. The second kappa shape index (κ2) is 15.8. The van der Waals surface area contributed by atoms with Gasteiger partial charge in [-0.1, -0.05) is 0 Å². The molecule has 4 N–H and O–H groups in total. The zero-order valence-electron chi connectivity index (χ0n) is 32.4. The second-order valence-electron chi connectivity index (χ2n) is 14.7. The Hall–Kier alpha value is -4.07. The SMILES string of the molecule is COC(OC)(C(C#N)(N(C(C)C)C(C)C)C(c1ccccc1)(c1ccccc1)c1ccccc1)P(O)(O)(O)CCCc1cccc2c1Nc1ccccc1S2. The van der Waals surface area contributed by atoms with Gasteiger partial charge in [-0.2, -0.15) is 0 Å². The standard InChI is InChI=1S/C45H52N3O5PS/c1-33(2)48(34(3)4)43(32-46,44(36-22-10-7-11-23-36,37-24-12-8-13-25-37)38-26-14-9-15-27-38)45(52-5,53-6)54(49,50,51)31-19-21-35-20-18-30-41-42(35)47-39-28-16-17-29-40(39)55-41/h7-18,20,22-30,33-34,47,49-51H,19,21,31H2,1-6H3. The van der Waals surface area contributed by atoms with E-state index in [1.54, 1.807) is 11.8 Å². The van der Waals surface area contributed by atoms with Crippen LogP contribution >= 0.6 is 19.0 Å². The van der Waals surface area contributed by atoms with Crippen molar-refractivity contribution in [2.75, 3.05) is 25.7 Å². The molecule has 5 aromatic rings. The fraction of sp³-hybridized carbons (Fsp3) is 0.311. The van der Waals surface area contributed by atoms with Gasteiger partial charge < -0.3 is 0 Å². The van der Waals surface area contributed by atoms with E-state index in [2.05, 4.69) is 23.5 Å². The molecule has 0 saturated carbocycles. The van der Waals surface area contributed by atoms with E-state index < -0.39 is 42.0 Å². The van der Waals surface area contributed by atoms with Crippen LogP contribution in [0.1, 0.15) is 56.4 Å². The van der Waals surface area contributed by atoms with E-state index in [0.29, 0.717) is 23.1 Å². The van der Waals surface area contributed by atoms with Gasteiger partial charge >= 0.3 is 331 Å². The molecule has 6 rings (SSSR count). The van der Waals surface area contributed by atoms with E-state index in [4.69, 9.17) is 9.47 Å². The summed E-state index contributed by atoms with van der Waals surface area (Å²) in [5, 5.41) is 15.9. The third-order valence-electron chi connectivity index (χ3n) is 10.9. The Balaban J connectivity index is 1.61. The average molecular weight is 778 g/mol. The average Bonchev–Trinajstić information content (AvgIpc) is 3.18. The first-order chi connectivity index (χ1) is 26.3. The molecular weight excluding hydrogens is 726 g/mol. The van der Waals surface area contributed by atoms with Crippen LogP contribution in [0.3, 0.4) is 0 Å². The zero-order valence-corrected chi connectivity index (χ0v) is 34.1. The maximum atomic E-state index is 13.0. The Labute approximate surface area is 329 Å². The number of benzene rings is 5. The van der Waals surface area contributed by atoms with Crippen molar-refractivity contribution in [3.05, 3.63) is 156 Å². The number of nitrogens with one attached hydrogen (secondary N) is 1. The summed E-state index contributed by atoms with van der Waals surface area (Å²) in [7, 11) is -3.73. The molecule has 8 nitrogen and oxygen atoms in total. The number of rotatable bonds is 15. The van der Waals surface area contributed by atoms with Crippen molar-refractivity contribution >= 4 is 30.4 Å². The molecule has 1 atom stereocenters. The van der Waals surface area contributed by atoms with Crippen LogP contribution in [0.2, 0.25) is 0 Å². The van der Waals surface area contributed by atoms with E-state index in [-0.39, 0.29) is 6.42 Å². The molecule has 0 spiro atoms. The third kappa shape index (κ3) is 6.59. The number of fused-ring (bicyclic) bond motifs is 2. The Morgan fingerprint density at radius 3 is 1.64 bits per heavy atom. The van der Waals surface area contributed by atoms with Gasteiger partial charge in [-0.05, 0) is 0 Å². The summed E-state index contributed by atoms with van der Waals surface area (Å²) in [6.45, 7) is 7.82. The fourth-order valence-corrected chi connectivity index (χ4v) is 12.9. The first-order valence-electron chi connectivity index (χ1n) is 18.7. The van der Waals surface area contributed by atoms with E-state index in [1.165, 1.54) is 14.2 Å². The number of ether oxygens (including phenoxy) is 2. The van der Waals surface area contributed by atoms with E-state index in [0.717, 1.165) is 26.7 Å². The molecule has 0 bridgehead atoms. The maximum absolute atomic E-state index is 13.0. The van der Waals surface area contributed by atoms with Crippen LogP contribution in [-0.2, 0) is 21.3 Å². The van der Waals surface area contributed by atoms with Crippen molar-refractivity contribution in [3.63, 3.8) is 0 Å². The predicted molar refractivity (Wildman–Crippen MR) is 223 cm³/mol. The normalized spacial score (nSPS) is 15.0. The van der Waals surface area contributed by atoms with Crippen molar-refractivity contribution in [2.24, 2.45) is 0 Å². The van der Waals surface area contributed by atoms with Gasteiger partial charge in [0.05, 0.1) is 0 Å². The molecule has 0 aliphatic carbocycles. The van der Waals surface area contributed by atoms with Crippen LogP contribution in [0.25, 0.3) is 0 Å². The Kier molecular flexibility index (Phi) is 11.7. The van der Waals surface area contributed by atoms with Crippen molar-refractivity contribution in [1.82, 2.24) is 4.90 Å². The van der Waals surface area contributed by atoms with Gasteiger partial charge in [-0.25, -0.2) is 0 Å². The number of methoxy groups -OCH3 is 2. The summed E-state index contributed by atoms with van der Waals surface area (Å²) < 4.78 is 12.8. The molecule has 1 heterocycles. The van der Waals surface area contributed by atoms with Crippen molar-refractivity contribution in [1.29, 1.82) is 5.26 Å². The Morgan fingerprint density at radius 2 is 1.16 bits per heavy atom. The minimum absolute atomic E-state index is 0.139. The Bertz CT molecular complexity index is 2010. The number of nitriles is 1. The molecule has 1 unspecified atom stereocenters. The number of hydrogen-bond donors (Lipinski definition) is 4. The van der Waals surface area contributed by atoms with E-state index in [9.17, 15) is 19.9 Å². The number of para-hydroxylation sites is 2. The van der Waals surface area contributed by atoms with Crippen LogP contribution in [0, 0.1) is 11.3 Å². The minimum atomic E-state index is -6.31. The molecule has 5 aromatic carbocycles. The molecule has 0 aromatic heterocycles. The molecule has 1 aliphatic heterocycles. The number of hydrogen-bond acceptors (Lipinski definition) is 9. The molecule has 1 aliphatic rings. The van der Waals surface area contributed by atoms with Gasteiger partial charge in [-0.3, -0.25) is 0 Å². The molecule has 0 radical (unpaired) electrons. The summed E-state index contributed by atoms with van der Waals surface area (Å²) in [5.74, 6) is 0. The summed E-state index contributed by atoms with van der Waals surface area (Å²) in [6.07, 6.45) is 0.0174.